The highest BCUT2D eigenvalue weighted by Crippen LogP contribution is 2.20. The minimum absolute atomic E-state index is 0.236. The van der Waals surface area contributed by atoms with Gasteiger partial charge in [0.05, 0.1) is 6.26 Å². The maximum atomic E-state index is 12.4. The second kappa shape index (κ2) is 6.59. The van der Waals surface area contributed by atoms with Gasteiger partial charge in [0.2, 0.25) is 0 Å². The Morgan fingerprint density at radius 3 is 2.95 bits per heavy atom. The van der Waals surface area contributed by atoms with Gasteiger partial charge in [-0.15, -0.1) is 0 Å². The zero-order valence-electron chi connectivity index (χ0n) is 11.9. The van der Waals surface area contributed by atoms with E-state index in [1.54, 1.807) is 19.1 Å². The van der Waals surface area contributed by atoms with Gasteiger partial charge in [-0.2, -0.15) is 17.4 Å². The fourth-order valence-corrected chi connectivity index (χ4v) is 4.16. The van der Waals surface area contributed by atoms with Crippen LogP contribution < -0.4 is 4.72 Å². The molecule has 2 N–H and O–H groups in total. The van der Waals surface area contributed by atoms with Crippen molar-refractivity contribution in [3.63, 3.8) is 0 Å². The standard InChI is InChI=1S/C13H20N2O5S/c1-10(9-11-5-4-8-20-11)14-21(18,19)15-7-3-2-6-12(15)13(16)17/h4-5,8,10,12,14H,2-3,6-7,9H2,1H3,(H,16,17). The Morgan fingerprint density at radius 2 is 2.33 bits per heavy atom. The van der Waals surface area contributed by atoms with E-state index >= 15 is 0 Å². The molecule has 21 heavy (non-hydrogen) atoms. The lowest BCUT2D eigenvalue weighted by Crippen LogP contribution is -2.53. The molecule has 2 unspecified atom stereocenters. The van der Waals surface area contributed by atoms with Crippen LogP contribution >= 0.6 is 0 Å². The minimum Gasteiger partial charge on any atom is -0.480 e. The summed E-state index contributed by atoms with van der Waals surface area (Å²) in [5.41, 5.74) is 0. The fraction of sp³-hybridized carbons (Fsp3) is 0.615. The van der Waals surface area contributed by atoms with E-state index in [-0.39, 0.29) is 12.6 Å². The summed E-state index contributed by atoms with van der Waals surface area (Å²) in [7, 11) is -3.82. The molecule has 1 saturated heterocycles. The molecule has 0 radical (unpaired) electrons. The highest BCUT2D eigenvalue weighted by atomic mass is 32.2. The van der Waals surface area contributed by atoms with E-state index in [4.69, 9.17) is 9.52 Å². The molecule has 0 amide bonds. The Morgan fingerprint density at radius 1 is 1.57 bits per heavy atom. The number of furan rings is 1. The topological polar surface area (TPSA) is 99.9 Å². The first-order valence-electron chi connectivity index (χ1n) is 6.94. The Bertz CT molecular complexity index is 569. The Hall–Kier alpha value is -1.38. The molecule has 0 saturated carbocycles. The van der Waals surface area contributed by atoms with Gasteiger partial charge in [-0.3, -0.25) is 4.79 Å². The molecule has 1 fully saturated rings. The molecule has 1 aliphatic heterocycles. The predicted octanol–water partition coefficient (Wildman–Crippen LogP) is 0.984. The second-order valence-electron chi connectivity index (χ2n) is 5.27. The summed E-state index contributed by atoms with van der Waals surface area (Å²) in [6, 6.07) is 2.15. The summed E-state index contributed by atoms with van der Waals surface area (Å²) < 4.78 is 33.5. The highest BCUT2D eigenvalue weighted by Gasteiger charge is 2.37. The van der Waals surface area contributed by atoms with Crippen molar-refractivity contribution in [3.05, 3.63) is 24.2 Å². The first-order chi connectivity index (χ1) is 9.90. The van der Waals surface area contributed by atoms with Crippen molar-refractivity contribution in [2.24, 2.45) is 0 Å². The number of aliphatic carboxylic acids is 1. The Labute approximate surface area is 124 Å². The zero-order chi connectivity index (χ0) is 15.5. The normalized spacial score (nSPS) is 22.0. The van der Waals surface area contributed by atoms with Crippen molar-refractivity contribution >= 4 is 16.2 Å². The number of hydrogen-bond donors (Lipinski definition) is 2. The molecule has 0 aromatic carbocycles. The molecular formula is C13H20N2O5S. The SMILES string of the molecule is CC(Cc1ccco1)NS(=O)(=O)N1CCCCC1C(=O)O. The Kier molecular flexibility index (Phi) is 5.02. The first-order valence-corrected chi connectivity index (χ1v) is 8.38. The summed E-state index contributed by atoms with van der Waals surface area (Å²) in [4.78, 5) is 11.2. The third-order valence-corrected chi connectivity index (χ3v) is 5.24. The summed E-state index contributed by atoms with van der Waals surface area (Å²) in [6.07, 6.45) is 3.70. The van der Waals surface area contributed by atoms with E-state index in [1.165, 1.54) is 6.26 Å². The molecule has 0 bridgehead atoms. The van der Waals surface area contributed by atoms with Crippen LogP contribution in [-0.4, -0.2) is 42.4 Å². The summed E-state index contributed by atoms with van der Waals surface area (Å²) in [6.45, 7) is 1.96. The quantitative estimate of drug-likeness (QED) is 0.815. The molecule has 0 spiro atoms. The van der Waals surface area contributed by atoms with Crippen molar-refractivity contribution in [2.45, 2.75) is 44.7 Å². The van der Waals surface area contributed by atoms with Crippen LogP contribution in [0.25, 0.3) is 0 Å². The van der Waals surface area contributed by atoms with Crippen LogP contribution in [0.15, 0.2) is 22.8 Å². The molecule has 118 valence electrons. The molecular weight excluding hydrogens is 296 g/mol. The van der Waals surface area contributed by atoms with Crippen LogP contribution in [0.3, 0.4) is 0 Å². The molecule has 8 heteroatoms. The summed E-state index contributed by atoms with van der Waals surface area (Å²) >= 11 is 0. The Balaban J connectivity index is 2.04. The monoisotopic (exact) mass is 316 g/mol. The van der Waals surface area contributed by atoms with Crippen molar-refractivity contribution in [2.75, 3.05) is 6.54 Å². The number of carbonyl (C=O) groups is 1. The van der Waals surface area contributed by atoms with Crippen LogP contribution in [0.5, 0.6) is 0 Å². The van der Waals surface area contributed by atoms with Crippen molar-refractivity contribution in [1.82, 2.24) is 9.03 Å². The molecule has 2 heterocycles. The van der Waals surface area contributed by atoms with Gasteiger partial charge in [-0.1, -0.05) is 0 Å². The third kappa shape index (κ3) is 4.05. The largest absolute Gasteiger partial charge is 0.480 e. The van der Waals surface area contributed by atoms with E-state index in [0.29, 0.717) is 25.0 Å². The smallest absolute Gasteiger partial charge is 0.322 e. The van der Waals surface area contributed by atoms with Gasteiger partial charge in [0.1, 0.15) is 11.8 Å². The van der Waals surface area contributed by atoms with Gasteiger partial charge in [0, 0.05) is 19.0 Å². The number of rotatable bonds is 6. The number of carboxylic acid groups (broad SMARTS) is 1. The predicted molar refractivity (Wildman–Crippen MR) is 75.9 cm³/mol. The number of hydrogen-bond acceptors (Lipinski definition) is 4. The number of piperidine rings is 1. The van der Waals surface area contributed by atoms with Crippen LogP contribution in [0, 0.1) is 0 Å². The second-order valence-corrected chi connectivity index (χ2v) is 6.92. The first kappa shape index (κ1) is 16.0. The van der Waals surface area contributed by atoms with E-state index < -0.39 is 22.2 Å². The molecule has 1 aromatic rings. The lowest BCUT2D eigenvalue weighted by Gasteiger charge is -2.32. The maximum Gasteiger partial charge on any atom is 0.322 e. The third-order valence-electron chi connectivity index (χ3n) is 3.49. The minimum atomic E-state index is -3.82. The van der Waals surface area contributed by atoms with Gasteiger partial charge < -0.3 is 9.52 Å². The maximum absolute atomic E-state index is 12.4. The van der Waals surface area contributed by atoms with Crippen molar-refractivity contribution in [3.8, 4) is 0 Å². The van der Waals surface area contributed by atoms with Gasteiger partial charge in [-0.25, -0.2) is 0 Å². The van der Waals surface area contributed by atoms with Crippen LogP contribution in [-0.2, 0) is 21.4 Å². The summed E-state index contributed by atoms with van der Waals surface area (Å²) in [5.74, 6) is -0.419. The summed E-state index contributed by atoms with van der Waals surface area (Å²) in [5, 5.41) is 9.16. The van der Waals surface area contributed by atoms with Gasteiger partial charge in [0.25, 0.3) is 10.2 Å². The number of carboxylic acids is 1. The number of nitrogens with one attached hydrogen (secondary N) is 1. The molecule has 7 nitrogen and oxygen atoms in total. The molecule has 2 rings (SSSR count). The van der Waals surface area contributed by atoms with E-state index in [0.717, 1.165) is 10.7 Å². The van der Waals surface area contributed by atoms with Gasteiger partial charge in [0.15, 0.2) is 0 Å². The number of nitrogens with zero attached hydrogens (tertiary/aromatic N) is 1. The van der Waals surface area contributed by atoms with Crippen molar-refractivity contribution in [1.29, 1.82) is 0 Å². The molecule has 1 aromatic heterocycles. The average molecular weight is 316 g/mol. The van der Waals surface area contributed by atoms with Crippen molar-refractivity contribution < 1.29 is 22.7 Å². The molecule has 2 atom stereocenters. The van der Waals surface area contributed by atoms with Crippen LogP contribution in [0.4, 0.5) is 0 Å². The average Bonchev–Trinajstić information content (AvgIpc) is 2.90. The van der Waals surface area contributed by atoms with E-state index in [1.807, 2.05) is 0 Å². The van der Waals surface area contributed by atoms with E-state index in [9.17, 15) is 13.2 Å². The lowest BCUT2D eigenvalue weighted by atomic mass is 10.1. The zero-order valence-corrected chi connectivity index (χ0v) is 12.7. The van der Waals surface area contributed by atoms with Crippen LogP contribution in [0.1, 0.15) is 31.9 Å². The van der Waals surface area contributed by atoms with Gasteiger partial charge >= 0.3 is 5.97 Å². The molecule has 1 aliphatic rings. The highest BCUT2D eigenvalue weighted by molar-refractivity contribution is 7.87. The van der Waals surface area contributed by atoms with Crippen LogP contribution in [0.2, 0.25) is 0 Å². The fourth-order valence-electron chi connectivity index (χ4n) is 2.53. The lowest BCUT2D eigenvalue weighted by molar-refractivity contribution is -0.142. The van der Waals surface area contributed by atoms with Gasteiger partial charge in [-0.05, 0) is 38.3 Å². The van der Waals surface area contributed by atoms with E-state index in [2.05, 4.69) is 4.72 Å². The molecule has 0 aliphatic carbocycles.